The Hall–Kier alpha value is -3.20. The Labute approximate surface area is 198 Å². The minimum absolute atomic E-state index is 0.170. The van der Waals surface area contributed by atoms with E-state index < -0.39 is 29.8 Å². The fourth-order valence-electron chi connectivity index (χ4n) is 3.19. The van der Waals surface area contributed by atoms with Crippen molar-refractivity contribution in [2.24, 2.45) is 0 Å². The maximum atomic E-state index is 13.9. The van der Waals surface area contributed by atoms with Crippen LogP contribution < -0.4 is 9.47 Å². The van der Waals surface area contributed by atoms with Crippen LogP contribution in [0, 0.1) is 11.6 Å². The lowest BCUT2D eigenvalue weighted by Crippen LogP contribution is -2.37. The van der Waals surface area contributed by atoms with Crippen LogP contribution in [0.25, 0.3) is 0 Å². The van der Waals surface area contributed by atoms with Gasteiger partial charge in [-0.2, -0.15) is 0 Å². The summed E-state index contributed by atoms with van der Waals surface area (Å²) in [5.41, 5.74) is 0.791. The lowest BCUT2D eigenvalue weighted by Gasteiger charge is -2.22. The zero-order valence-corrected chi connectivity index (χ0v) is 19.5. The second kappa shape index (κ2) is 14.1. The van der Waals surface area contributed by atoms with Gasteiger partial charge in [-0.1, -0.05) is 31.9 Å². The SMILES string of the molecule is CCCCCN(CCOc1ccc(CC(OCC)C(=O)O)cc1)C(=O)Oc1ccc(F)cc1F. The number of hydrogen-bond acceptors (Lipinski definition) is 5. The molecule has 0 aliphatic rings. The summed E-state index contributed by atoms with van der Waals surface area (Å²) in [6, 6.07) is 9.70. The molecule has 0 bridgehead atoms. The number of nitrogens with zero attached hydrogens (tertiary/aromatic N) is 1. The molecule has 1 atom stereocenters. The lowest BCUT2D eigenvalue weighted by atomic mass is 10.1. The van der Waals surface area contributed by atoms with Crippen molar-refractivity contribution in [3.63, 3.8) is 0 Å². The molecule has 0 spiro atoms. The Morgan fingerprint density at radius 2 is 1.76 bits per heavy atom. The minimum atomic E-state index is -1.02. The molecule has 0 aromatic heterocycles. The number of carbonyl (C=O) groups excluding carboxylic acids is 1. The molecule has 0 radical (unpaired) electrons. The number of benzene rings is 2. The average Bonchev–Trinajstić information content (AvgIpc) is 2.80. The first-order valence-electron chi connectivity index (χ1n) is 11.3. The van der Waals surface area contributed by atoms with Crippen molar-refractivity contribution in [1.29, 1.82) is 0 Å². The summed E-state index contributed by atoms with van der Waals surface area (Å²) in [5, 5.41) is 9.20. The molecule has 7 nitrogen and oxygen atoms in total. The predicted octanol–water partition coefficient (Wildman–Crippen LogP) is 5.07. The van der Waals surface area contributed by atoms with Gasteiger partial charge >= 0.3 is 12.1 Å². The summed E-state index contributed by atoms with van der Waals surface area (Å²) in [5.74, 6) is -2.51. The van der Waals surface area contributed by atoms with Gasteiger partial charge in [-0.3, -0.25) is 0 Å². The largest absolute Gasteiger partial charge is 0.492 e. The smallest absolute Gasteiger partial charge is 0.415 e. The molecule has 2 rings (SSSR count). The zero-order chi connectivity index (χ0) is 24.9. The molecule has 1 unspecified atom stereocenters. The number of carboxylic acid groups (broad SMARTS) is 1. The van der Waals surface area contributed by atoms with Crippen LogP contribution in [0.15, 0.2) is 42.5 Å². The molecular weight excluding hydrogens is 448 g/mol. The molecule has 34 heavy (non-hydrogen) atoms. The summed E-state index contributed by atoms with van der Waals surface area (Å²) >= 11 is 0. The van der Waals surface area contributed by atoms with Crippen molar-refractivity contribution in [2.45, 2.75) is 45.6 Å². The highest BCUT2D eigenvalue weighted by atomic mass is 19.1. The van der Waals surface area contributed by atoms with E-state index in [1.165, 1.54) is 4.90 Å². The molecule has 0 saturated carbocycles. The number of carboxylic acids is 1. The van der Waals surface area contributed by atoms with Crippen LogP contribution in [0.5, 0.6) is 11.5 Å². The summed E-state index contributed by atoms with van der Waals surface area (Å²) in [6.07, 6.45) is 1.21. The van der Waals surface area contributed by atoms with Gasteiger partial charge in [0.15, 0.2) is 17.7 Å². The monoisotopic (exact) mass is 479 g/mol. The van der Waals surface area contributed by atoms with Crippen LogP contribution in [-0.4, -0.2) is 54.5 Å². The van der Waals surface area contributed by atoms with E-state index in [-0.39, 0.29) is 25.3 Å². The average molecular weight is 480 g/mol. The van der Waals surface area contributed by atoms with Gasteiger partial charge in [0.2, 0.25) is 0 Å². The van der Waals surface area contributed by atoms with Crippen LogP contribution in [0.3, 0.4) is 0 Å². The third kappa shape index (κ3) is 8.97. The maximum absolute atomic E-state index is 13.9. The van der Waals surface area contributed by atoms with Crippen LogP contribution in [0.2, 0.25) is 0 Å². The fourth-order valence-corrected chi connectivity index (χ4v) is 3.19. The van der Waals surface area contributed by atoms with E-state index in [2.05, 4.69) is 0 Å². The molecule has 1 N–H and O–H groups in total. The van der Waals surface area contributed by atoms with E-state index in [9.17, 15) is 23.5 Å². The van der Waals surface area contributed by atoms with Crippen LogP contribution in [0.4, 0.5) is 13.6 Å². The van der Waals surface area contributed by atoms with Crippen molar-refractivity contribution < 1.29 is 37.7 Å². The van der Waals surface area contributed by atoms with Gasteiger partial charge in [-0.15, -0.1) is 0 Å². The first-order valence-corrected chi connectivity index (χ1v) is 11.3. The van der Waals surface area contributed by atoms with Gasteiger partial charge in [-0.05, 0) is 43.2 Å². The molecule has 0 saturated heterocycles. The summed E-state index contributed by atoms with van der Waals surface area (Å²) < 4.78 is 43.0. The molecular formula is C25H31F2NO6. The van der Waals surface area contributed by atoms with Gasteiger partial charge in [0.05, 0.1) is 6.54 Å². The maximum Gasteiger partial charge on any atom is 0.415 e. The summed E-state index contributed by atoms with van der Waals surface area (Å²) in [4.78, 5) is 25.2. The quantitative estimate of drug-likeness (QED) is 0.381. The fraction of sp³-hybridized carbons (Fsp3) is 0.440. The standard InChI is InChI=1S/C25H31F2NO6/c1-3-5-6-13-28(25(31)34-22-12-9-19(26)17-21(22)27)14-15-33-20-10-7-18(8-11-20)16-23(24(29)30)32-4-2/h7-12,17,23H,3-6,13-16H2,1-2H3,(H,29,30). The van der Waals surface area contributed by atoms with Crippen molar-refractivity contribution in [3.8, 4) is 11.5 Å². The highest BCUT2D eigenvalue weighted by Crippen LogP contribution is 2.19. The third-order valence-corrected chi connectivity index (χ3v) is 5.00. The van der Waals surface area contributed by atoms with Gasteiger partial charge in [0.1, 0.15) is 18.2 Å². The topological polar surface area (TPSA) is 85.3 Å². The van der Waals surface area contributed by atoms with Crippen LogP contribution >= 0.6 is 0 Å². The molecule has 186 valence electrons. The van der Waals surface area contributed by atoms with Crippen molar-refractivity contribution >= 4 is 12.1 Å². The number of hydrogen-bond donors (Lipinski definition) is 1. The Morgan fingerprint density at radius 3 is 2.38 bits per heavy atom. The normalized spacial score (nSPS) is 11.6. The molecule has 0 aliphatic carbocycles. The van der Waals surface area contributed by atoms with Gasteiger partial charge in [0, 0.05) is 25.6 Å². The lowest BCUT2D eigenvalue weighted by molar-refractivity contribution is -0.149. The first kappa shape index (κ1) is 27.0. The molecule has 0 aliphatic heterocycles. The Kier molecular flexibility index (Phi) is 11.3. The predicted molar refractivity (Wildman–Crippen MR) is 122 cm³/mol. The van der Waals surface area contributed by atoms with Crippen molar-refractivity contribution in [3.05, 3.63) is 59.7 Å². The van der Waals surface area contributed by atoms with Gasteiger partial charge in [0.25, 0.3) is 0 Å². The second-order valence-electron chi connectivity index (χ2n) is 7.62. The van der Waals surface area contributed by atoms with Crippen LogP contribution in [0.1, 0.15) is 38.7 Å². The summed E-state index contributed by atoms with van der Waals surface area (Å²) in [6.45, 7) is 4.87. The Bertz CT molecular complexity index is 922. The Morgan fingerprint density at radius 1 is 1.03 bits per heavy atom. The van der Waals surface area contributed by atoms with E-state index in [0.717, 1.165) is 37.0 Å². The molecule has 2 aromatic rings. The highest BCUT2D eigenvalue weighted by Gasteiger charge is 2.19. The van der Waals surface area contributed by atoms with Gasteiger partial charge < -0.3 is 24.2 Å². The Balaban J connectivity index is 1.92. The van der Waals surface area contributed by atoms with E-state index in [1.54, 1.807) is 31.2 Å². The van der Waals surface area contributed by atoms with Crippen molar-refractivity contribution in [2.75, 3.05) is 26.3 Å². The number of halogens is 2. The molecule has 1 amide bonds. The number of rotatable bonds is 14. The minimum Gasteiger partial charge on any atom is -0.492 e. The number of amides is 1. The molecule has 0 heterocycles. The van der Waals surface area contributed by atoms with Crippen LogP contribution in [-0.2, 0) is 16.0 Å². The highest BCUT2D eigenvalue weighted by molar-refractivity contribution is 5.72. The van der Waals surface area contributed by atoms with E-state index in [1.807, 2.05) is 6.92 Å². The van der Waals surface area contributed by atoms with E-state index in [0.29, 0.717) is 25.0 Å². The zero-order valence-electron chi connectivity index (χ0n) is 19.5. The second-order valence-corrected chi connectivity index (χ2v) is 7.62. The molecule has 2 aromatic carbocycles. The van der Waals surface area contributed by atoms with Crippen molar-refractivity contribution in [1.82, 2.24) is 4.90 Å². The van der Waals surface area contributed by atoms with E-state index >= 15 is 0 Å². The van der Waals surface area contributed by atoms with E-state index in [4.69, 9.17) is 14.2 Å². The molecule has 9 heteroatoms. The first-order chi connectivity index (χ1) is 16.3. The number of unbranched alkanes of at least 4 members (excludes halogenated alkanes) is 2. The third-order valence-electron chi connectivity index (χ3n) is 5.00. The number of carbonyl (C=O) groups is 2. The number of aliphatic carboxylic acids is 1. The molecule has 0 fully saturated rings. The van der Waals surface area contributed by atoms with Gasteiger partial charge in [-0.25, -0.2) is 18.4 Å². The summed E-state index contributed by atoms with van der Waals surface area (Å²) in [7, 11) is 0. The number of ether oxygens (including phenoxy) is 3.